The minimum atomic E-state index is -0.251. The number of aliphatic hydroxyl groups is 1. The summed E-state index contributed by atoms with van der Waals surface area (Å²) in [6.07, 6.45) is 3.93. The molecule has 5 heteroatoms. The summed E-state index contributed by atoms with van der Waals surface area (Å²) in [7, 11) is 3.16. The van der Waals surface area contributed by atoms with E-state index >= 15 is 0 Å². The summed E-state index contributed by atoms with van der Waals surface area (Å²) in [5.41, 5.74) is 1.02. The van der Waals surface area contributed by atoms with E-state index in [-0.39, 0.29) is 12.1 Å². The molecule has 0 saturated heterocycles. The molecule has 1 aromatic rings. The first kappa shape index (κ1) is 15.4. The lowest BCUT2D eigenvalue weighted by Gasteiger charge is -2.28. The van der Waals surface area contributed by atoms with Gasteiger partial charge in [-0.25, -0.2) is 0 Å². The van der Waals surface area contributed by atoms with Gasteiger partial charge in [-0.05, 0) is 30.5 Å². The number of benzene rings is 1. The fourth-order valence-corrected chi connectivity index (χ4v) is 2.98. The van der Waals surface area contributed by atoms with Gasteiger partial charge >= 0.3 is 0 Å². The van der Waals surface area contributed by atoms with Gasteiger partial charge in [-0.3, -0.25) is 0 Å². The second kappa shape index (κ2) is 7.16. The van der Waals surface area contributed by atoms with Crippen molar-refractivity contribution in [2.75, 3.05) is 14.2 Å². The Morgan fingerprint density at radius 3 is 2.65 bits per heavy atom. The highest BCUT2D eigenvalue weighted by Gasteiger charge is 2.22. The summed E-state index contributed by atoms with van der Waals surface area (Å²) in [6, 6.07) is 3.94. The van der Waals surface area contributed by atoms with Gasteiger partial charge < -0.3 is 19.9 Å². The molecule has 0 bridgehead atoms. The lowest BCUT2D eigenvalue weighted by Crippen LogP contribution is -2.41. The van der Waals surface area contributed by atoms with Crippen LogP contribution < -0.4 is 14.8 Å². The second-order valence-corrected chi connectivity index (χ2v) is 5.56. The molecule has 0 aliphatic heterocycles. The van der Waals surface area contributed by atoms with Gasteiger partial charge in [0.1, 0.15) is 0 Å². The van der Waals surface area contributed by atoms with Crippen molar-refractivity contribution < 1.29 is 14.6 Å². The molecule has 1 saturated carbocycles. The van der Waals surface area contributed by atoms with Crippen molar-refractivity contribution >= 4 is 11.6 Å². The van der Waals surface area contributed by atoms with Crippen molar-refractivity contribution in [3.8, 4) is 11.5 Å². The summed E-state index contributed by atoms with van der Waals surface area (Å²) in [5.74, 6) is 1.18. The first-order valence-corrected chi connectivity index (χ1v) is 7.35. The molecule has 4 nitrogen and oxygen atoms in total. The largest absolute Gasteiger partial charge is 0.493 e. The Morgan fingerprint density at radius 2 is 2.00 bits per heavy atom. The molecule has 0 spiro atoms. The highest BCUT2D eigenvalue weighted by Crippen LogP contribution is 2.36. The summed E-state index contributed by atoms with van der Waals surface area (Å²) < 4.78 is 10.5. The smallest absolute Gasteiger partial charge is 0.179 e. The summed E-state index contributed by atoms with van der Waals surface area (Å²) in [5, 5.41) is 13.9. The molecule has 1 aromatic carbocycles. The maximum atomic E-state index is 9.95. The molecule has 2 unspecified atom stereocenters. The number of methoxy groups -OCH3 is 2. The van der Waals surface area contributed by atoms with E-state index in [1.165, 1.54) is 6.42 Å². The number of hydrogen-bond acceptors (Lipinski definition) is 4. The lowest BCUT2D eigenvalue weighted by atomic mass is 9.92. The third-order valence-electron chi connectivity index (χ3n) is 3.79. The maximum absolute atomic E-state index is 9.95. The highest BCUT2D eigenvalue weighted by molar-refractivity contribution is 6.32. The van der Waals surface area contributed by atoms with Crippen molar-refractivity contribution in [1.82, 2.24) is 5.32 Å². The van der Waals surface area contributed by atoms with Crippen LogP contribution in [0.5, 0.6) is 11.5 Å². The zero-order chi connectivity index (χ0) is 14.5. The second-order valence-electron chi connectivity index (χ2n) is 5.15. The van der Waals surface area contributed by atoms with Crippen molar-refractivity contribution in [1.29, 1.82) is 0 Å². The zero-order valence-electron chi connectivity index (χ0n) is 12.0. The van der Waals surface area contributed by atoms with E-state index in [1.807, 2.05) is 12.1 Å². The Bertz CT molecular complexity index is 453. The number of halogens is 1. The van der Waals surface area contributed by atoms with Crippen molar-refractivity contribution in [3.63, 3.8) is 0 Å². The van der Waals surface area contributed by atoms with Crippen molar-refractivity contribution in [3.05, 3.63) is 22.7 Å². The van der Waals surface area contributed by atoms with Gasteiger partial charge in [0.15, 0.2) is 11.5 Å². The van der Waals surface area contributed by atoms with E-state index in [4.69, 9.17) is 21.1 Å². The van der Waals surface area contributed by atoms with Crippen LogP contribution in [0.2, 0.25) is 5.02 Å². The van der Waals surface area contributed by atoms with Gasteiger partial charge in [0.25, 0.3) is 0 Å². The first-order valence-electron chi connectivity index (χ1n) is 6.97. The molecular weight excluding hydrogens is 278 g/mol. The first-order chi connectivity index (χ1) is 9.65. The monoisotopic (exact) mass is 299 g/mol. The molecule has 0 aromatic heterocycles. The average Bonchev–Trinajstić information content (AvgIpc) is 2.45. The van der Waals surface area contributed by atoms with Gasteiger partial charge in [-0.15, -0.1) is 0 Å². The van der Waals surface area contributed by atoms with Gasteiger partial charge in [-0.1, -0.05) is 24.4 Å². The molecule has 2 N–H and O–H groups in total. The van der Waals surface area contributed by atoms with Crippen LogP contribution in [0.15, 0.2) is 12.1 Å². The van der Waals surface area contributed by atoms with E-state index in [9.17, 15) is 5.11 Å². The molecule has 1 fully saturated rings. The quantitative estimate of drug-likeness (QED) is 0.878. The SMILES string of the molecule is COc1cc(CNC2CCCCC2O)cc(Cl)c1OC. The van der Waals surface area contributed by atoms with Crippen molar-refractivity contribution in [2.24, 2.45) is 0 Å². The van der Waals surface area contributed by atoms with Gasteiger partial charge in [0.05, 0.1) is 25.3 Å². The molecule has 0 radical (unpaired) electrons. The normalized spacial score (nSPS) is 22.6. The Hall–Kier alpha value is -0.970. The lowest BCUT2D eigenvalue weighted by molar-refractivity contribution is 0.0902. The van der Waals surface area contributed by atoms with Crippen LogP contribution in [0, 0.1) is 0 Å². The minimum Gasteiger partial charge on any atom is -0.493 e. The van der Waals surface area contributed by atoms with E-state index < -0.39 is 0 Å². The molecule has 2 rings (SSSR count). The zero-order valence-corrected chi connectivity index (χ0v) is 12.7. The highest BCUT2D eigenvalue weighted by atomic mass is 35.5. The number of ether oxygens (including phenoxy) is 2. The van der Waals surface area contributed by atoms with Crippen LogP contribution in [0.4, 0.5) is 0 Å². The van der Waals surface area contributed by atoms with Crippen molar-refractivity contribution in [2.45, 2.75) is 44.4 Å². The third kappa shape index (κ3) is 3.57. The molecule has 1 aliphatic carbocycles. The Labute approximate surface area is 125 Å². The van der Waals surface area contributed by atoms with E-state index in [2.05, 4.69) is 5.32 Å². The predicted octanol–water partition coefficient (Wildman–Crippen LogP) is 2.75. The van der Waals surface area contributed by atoms with E-state index in [0.717, 1.165) is 24.8 Å². The van der Waals surface area contributed by atoms with E-state index in [1.54, 1.807) is 14.2 Å². The van der Waals surface area contributed by atoms with Crippen LogP contribution in [-0.2, 0) is 6.54 Å². The Kier molecular flexibility index (Phi) is 5.52. The molecule has 1 aliphatic rings. The number of aliphatic hydroxyl groups excluding tert-OH is 1. The summed E-state index contributed by atoms with van der Waals surface area (Å²) in [4.78, 5) is 0. The minimum absolute atomic E-state index is 0.163. The van der Waals surface area contributed by atoms with E-state index in [0.29, 0.717) is 23.1 Å². The fourth-order valence-electron chi connectivity index (χ4n) is 2.67. The van der Waals surface area contributed by atoms with Gasteiger partial charge in [0.2, 0.25) is 0 Å². The van der Waals surface area contributed by atoms with Crippen LogP contribution in [0.1, 0.15) is 31.2 Å². The Balaban J connectivity index is 2.04. The molecule has 112 valence electrons. The fraction of sp³-hybridized carbons (Fsp3) is 0.600. The summed E-state index contributed by atoms with van der Waals surface area (Å²) in [6.45, 7) is 0.655. The van der Waals surface area contributed by atoms with Gasteiger partial charge in [0, 0.05) is 12.6 Å². The maximum Gasteiger partial charge on any atom is 0.179 e. The average molecular weight is 300 g/mol. The number of hydrogen-bond donors (Lipinski definition) is 2. The molecule has 0 heterocycles. The summed E-state index contributed by atoms with van der Waals surface area (Å²) >= 11 is 6.18. The predicted molar refractivity (Wildman–Crippen MR) is 79.7 cm³/mol. The van der Waals surface area contributed by atoms with Crippen LogP contribution in [0.3, 0.4) is 0 Å². The van der Waals surface area contributed by atoms with Gasteiger partial charge in [-0.2, -0.15) is 0 Å². The Morgan fingerprint density at radius 1 is 1.25 bits per heavy atom. The standard InChI is InChI=1S/C15H22ClNO3/c1-19-14-8-10(7-11(16)15(14)20-2)9-17-12-5-3-4-6-13(12)18/h7-8,12-13,17-18H,3-6,9H2,1-2H3. The number of rotatable bonds is 5. The molecule has 2 atom stereocenters. The topological polar surface area (TPSA) is 50.7 Å². The van der Waals surface area contributed by atoms with Crippen LogP contribution in [-0.4, -0.2) is 31.5 Å². The molecule has 0 amide bonds. The van der Waals surface area contributed by atoms with Crippen LogP contribution >= 0.6 is 11.6 Å². The third-order valence-corrected chi connectivity index (χ3v) is 4.07. The van der Waals surface area contributed by atoms with Crippen LogP contribution in [0.25, 0.3) is 0 Å². The molecule has 20 heavy (non-hydrogen) atoms. The molecular formula is C15H22ClNO3. The number of nitrogens with one attached hydrogen (secondary N) is 1.